The molecule has 0 aliphatic heterocycles. The summed E-state index contributed by atoms with van der Waals surface area (Å²) in [6.45, 7) is 8.17. The Morgan fingerprint density at radius 2 is 1.92 bits per heavy atom. The first-order valence-corrected chi connectivity index (χ1v) is 6.03. The minimum Gasteiger partial charge on any atom is -0.314 e. The summed E-state index contributed by atoms with van der Waals surface area (Å²) in [6, 6.07) is 0.789. The molecule has 0 amide bonds. The van der Waals surface area contributed by atoms with Gasteiger partial charge in [0.05, 0.1) is 0 Å². The molecule has 0 aromatic carbocycles. The zero-order valence-corrected chi connectivity index (χ0v) is 9.47. The third kappa shape index (κ3) is 3.68. The monoisotopic (exact) mass is 183 g/mol. The third-order valence-corrected chi connectivity index (χ3v) is 3.26. The Balaban J connectivity index is 2.26. The normalized spacial score (nSPS) is 21.5. The molecule has 1 N–H and O–H groups in total. The maximum Gasteiger partial charge on any atom is 0.00952 e. The van der Waals surface area contributed by atoms with E-state index in [2.05, 4.69) is 26.1 Å². The summed E-state index contributed by atoms with van der Waals surface area (Å²) in [5, 5.41) is 3.69. The van der Waals surface area contributed by atoms with Gasteiger partial charge in [0.2, 0.25) is 0 Å². The first-order chi connectivity index (χ1) is 6.29. The van der Waals surface area contributed by atoms with E-state index >= 15 is 0 Å². The van der Waals surface area contributed by atoms with Gasteiger partial charge in [0.1, 0.15) is 0 Å². The van der Waals surface area contributed by atoms with E-state index in [1.54, 1.807) is 0 Å². The summed E-state index contributed by atoms with van der Waals surface area (Å²) >= 11 is 0. The van der Waals surface area contributed by atoms with Crippen molar-refractivity contribution in [1.82, 2.24) is 5.32 Å². The molecule has 0 radical (unpaired) electrons. The van der Waals surface area contributed by atoms with Crippen LogP contribution in [0.1, 0.15) is 52.9 Å². The van der Waals surface area contributed by atoms with Crippen LogP contribution in [0.2, 0.25) is 0 Å². The molecule has 0 aromatic heterocycles. The lowest BCUT2D eigenvalue weighted by Gasteiger charge is -2.24. The van der Waals surface area contributed by atoms with E-state index in [0.717, 1.165) is 17.9 Å². The highest BCUT2D eigenvalue weighted by atomic mass is 14.9. The van der Waals surface area contributed by atoms with Crippen LogP contribution < -0.4 is 5.32 Å². The minimum absolute atomic E-state index is 0.789. The Hall–Kier alpha value is -0.0400. The summed E-state index contributed by atoms with van der Waals surface area (Å²) in [4.78, 5) is 0. The molecule has 2 unspecified atom stereocenters. The third-order valence-electron chi connectivity index (χ3n) is 3.26. The van der Waals surface area contributed by atoms with Crippen molar-refractivity contribution in [3.05, 3.63) is 0 Å². The number of nitrogens with one attached hydrogen (secondary N) is 1. The second-order valence-electron chi connectivity index (χ2n) is 4.55. The van der Waals surface area contributed by atoms with E-state index in [4.69, 9.17) is 0 Å². The van der Waals surface area contributed by atoms with Gasteiger partial charge in [0, 0.05) is 6.04 Å². The molecule has 1 aliphatic rings. The van der Waals surface area contributed by atoms with Crippen molar-refractivity contribution in [1.29, 1.82) is 0 Å². The van der Waals surface area contributed by atoms with E-state index in [1.807, 2.05) is 0 Å². The Morgan fingerprint density at radius 3 is 2.38 bits per heavy atom. The standard InChI is InChI=1S/C12H25N/c1-4-6-12(13-9-5-2)10(3)11-7-8-11/h10-13H,4-9H2,1-3H3. The van der Waals surface area contributed by atoms with E-state index in [-0.39, 0.29) is 0 Å². The Labute approximate surface area is 83.3 Å². The van der Waals surface area contributed by atoms with Crippen molar-refractivity contribution < 1.29 is 0 Å². The predicted molar refractivity (Wildman–Crippen MR) is 58.9 cm³/mol. The molecule has 0 heterocycles. The van der Waals surface area contributed by atoms with Crippen molar-refractivity contribution in [3.63, 3.8) is 0 Å². The van der Waals surface area contributed by atoms with Crippen LogP contribution in [-0.4, -0.2) is 12.6 Å². The molecule has 1 nitrogen and oxygen atoms in total. The van der Waals surface area contributed by atoms with E-state index in [0.29, 0.717) is 0 Å². The number of hydrogen-bond acceptors (Lipinski definition) is 1. The average molecular weight is 183 g/mol. The van der Waals surface area contributed by atoms with Crippen LogP contribution in [0.15, 0.2) is 0 Å². The van der Waals surface area contributed by atoms with Crippen molar-refractivity contribution in [2.45, 2.75) is 58.9 Å². The maximum absolute atomic E-state index is 3.69. The zero-order chi connectivity index (χ0) is 9.68. The largest absolute Gasteiger partial charge is 0.314 e. The summed E-state index contributed by atoms with van der Waals surface area (Å²) in [6.07, 6.45) is 6.90. The van der Waals surface area contributed by atoms with Crippen LogP contribution >= 0.6 is 0 Å². The van der Waals surface area contributed by atoms with E-state index < -0.39 is 0 Å². The highest BCUT2D eigenvalue weighted by Gasteiger charge is 2.32. The molecule has 78 valence electrons. The summed E-state index contributed by atoms with van der Waals surface area (Å²) in [7, 11) is 0. The molecule has 1 aliphatic carbocycles. The lowest BCUT2D eigenvalue weighted by molar-refractivity contribution is 0.323. The topological polar surface area (TPSA) is 12.0 Å². The second kappa shape index (κ2) is 5.64. The summed E-state index contributed by atoms with van der Waals surface area (Å²) < 4.78 is 0. The van der Waals surface area contributed by atoms with Crippen LogP contribution in [-0.2, 0) is 0 Å². The van der Waals surface area contributed by atoms with Gasteiger partial charge in [-0.1, -0.05) is 27.2 Å². The maximum atomic E-state index is 3.69. The van der Waals surface area contributed by atoms with Crippen LogP contribution in [0.4, 0.5) is 0 Å². The summed E-state index contributed by atoms with van der Waals surface area (Å²) in [5.41, 5.74) is 0. The van der Waals surface area contributed by atoms with Gasteiger partial charge in [-0.15, -0.1) is 0 Å². The number of hydrogen-bond donors (Lipinski definition) is 1. The van der Waals surface area contributed by atoms with Gasteiger partial charge in [-0.25, -0.2) is 0 Å². The number of rotatable bonds is 7. The molecule has 1 fully saturated rings. The Bertz CT molecular complexity index is 129. The van der Waals surface area contributed by atoms with Gasteiger partial charge in [-0.3, -0.25) is 0 Å². The van der Waals surface area contributed by atoms with E-state index in [9.17, 15) is 0 Å². The van der Waals surface area contributed by atoms with Gasteiger partial charge in [-0.05, 0) is 44.1 Å². The summed E-state index contributed by atoms with van der Waals surface area (Å²) in [5.74, 6) is 1.95. The molecule has 2 atom stereocenters. The molecule has 0 saturated heterocycles. The molecule has 1 rings (SSSR count). The van der Waals surface area contributed by atoms with Crippen molar-refractivity contribution in [3.8, 4) is 0 Å². The first-order valence-electron chi connectivity index (χ1n) is 6.03. The van der Waals surface area contributed by atoms with Crippen molar-refractivity contribution in [2.24, 2.45) is 11.8 Å². The quantitative estimate of drug-likeness (QED) is 0.639. The van der Waals surface area contributed by atoms with Crippen molar-refractivity contribution in [2.75, 3.05) is 6.54 Å². The van der Waals surface area contributed by atoms with Crippen LogP contribution in [0.25, 0.3) is 0 Å². The highest BCUT2D eigenvalue weighted by Crippen LogP contribution is 2.38. The fourth-order valence-electron chi connectivity index (χ4n) is 2.14. The Morgan fingerprint density at radius 1 is 1.23 bits per heavy atom. The molecule has 1 heteroatoms. The minimum atomic E-state index is 0.789. The molecule has 0 bridgehead atoms. The van der Waals surface area contributed by atoms with E-state index in [1.165, 1.54) is 38.6 Å². The smallest absolute Gasteiger partial charge is 0.00952 e. The molecule has 0 aromatic rings. The Kier molecular flexibility index (Phi) is 4.79. The van der Waals surface area contributed by atoms with Crippen molar-refractivity contribution >= 4 is 0 Å². The van der Waals surface area contributed by atoms with Crippen LogP contribution in [0.5, 0.6) is 0 Å². The van der Waals surface area contributed by atoms with Gasteiger partial charge in [0.15, 0.2) is 0 Å². The molecule has 13 heavy (non-hydrogen) atoms. The lowest BCUT2D eigenvalue weighted by Crippen LogP contribution is -2.36. The first kappa shape index (κ1) is 11.0. The zero-order valence-electron chi connectivity index (χ0n) is 9.47. The fourth-order valence-corrected chi connectivity index (χ4v) is 2.14. The van der Waals surface area contributed by atoms with Gasteiger partial charge in [0.25, 0.3) is 0 Å². The van der Waals surface area contributed by atoms with Crippen LogP contribution in [0.3, 0.4) is 0 Å². The molecule has 1 saturated carbocycles. The predicted octanol–water partition coefficient (Wildman–Crippen LogP) is 3.20. The molecular formula is C12H25N. The molecule has 0 spiro atoms. The van der Waals surface area contributed by atoms with Gasteiger partial charge in [-0.2, -0.15) is 0 Å². The van der Waals surface area contributed by atoms with Gasteiger partial charge < -0.3 is 5.32 Å². The fraction of sp³-hybridized carbons (Fsp3) is 1.00. The SMILES string of the molecule is CCCNC(CCC)C(C)C1CC1. The van der Waals surface area contributed by atoms with Crippen LogP contribution in [0, 0.1) is 11.8 Å². The highest BCUT2D eigenvalue weighted by molar-refractivity contribution is 4.86. The van der Waals surface area contributed by atoms with Gasteiger partial charge >= 0.3 is 0 Å². The second-order valence-corrected chi connectivity index (χ2v) is 4.55. The lowest BCUT2D eigenvalue weighted by atomic mass is 9.93. The average Bonchev–Trinajstić information content (AvgIpc) is 2.94. The molecular weight excluding hydrogens is 158 g/mol.